The number of rotatable bonds is 3. The lowest BCUT2D eigenvalue weighted by molar-refractivity contribution is -0.384. The topological polar surface area (TPSA) is 55.2 Å². The van der Waals surface area contributed by atoms with E-state index >= 15 is 0 Å². The summed E-state index contributed by atoms with van der Waals surface area (Å²) in [6.07, 6.45) is 4.65. The van der Waals surface area contributed by atoms with Crippen LogP contribution in [-0.4, -0.2) is 11.0 Å². The molecular weight excluding hydrogens is 296 g/mol. The van der Waals surface area contributed by atoms with Gasteiger partial charge >= 0.3 is 0 Å². The summed E-state index contributed by atoms with van der Waals surface area (Å²) < 4.78 is 0.733. The molecule has 0 aliphatic heterocycles. The Morgan fingerprint density at radius 3 is 2.89 bits per heavy atom. The summed E-state index contributed by atoms with van der Waals surface area (Å²) in [5.74, 6) is 0.700. The fraction of sp³-hybridized carbons (Fsp3) is 0.538. The first-order valence-electron chi connectivity index (χ1n) is 6.26. The van der Waals surface area contributed by atoms with Crippen LogP contribution < -0.4 is 5.32 Å². The largest absolute Gasteiger partial charge is 0.377 e. The lowest BCUT2D eigenvalue weighted by atomic mass is 9.87. The van der Waals surface area contributed by atoms with E-state index in [1.54, 1.807) is 12.1 Å². The predicted octanol–water partition coefficient (Wildman–Crippen LogP) is 4.35. The van der Waals surface area contributed by atoms with E-state index in [1.807, 2.05) is 6.07 Å². The van der Waals surface area contributed by atoms with Crippen molar-refractivity contribution in [1.29, 1.82) is 0 Å². The fourth-order valence-electron chi connectivity index (χ4n) is 2.56. The van der Waals surface area contributed by atoms with Crippen molar-refractivity contribution in [3.05, 3.63) is 32.8 Å². The molecule has 4 nitrogen and oxygen atoms in total. The van der Waals surface area contributed by atoms with Gasteiger partial charge in [0.1, 0.15) is 5.69 Å². The summed E-state index contributed by atoms with van der Waals surface area (Å²) in [5.41, 5.74) is 0.768. The first-order valence-corrected chi connectivity index (χ1v) is 7.06. The Kier molecular flexibility index (Phi) is 4.22. The minimum absolute atomic E-state index is 0.141. The summed E-state index contributed by atoms with van der Waals surface area (Å²) in [5, 5.41) is 14.4. The van der Waals surface area contributed by atoms with Crippen LogP contribution in [0.15, 0.2) is 22.7 Å². The average molecular weight is 313 g/mol. The molecule has 1 aliphatic carbocycles. The standard InChI is InChI=1S/C13H17BrN2O2/c1-9-3-2-4-11(7-9)15-12-6-5-10(14)8-13(12)16(17)18/h5-6,8-9,11,15H,2-4,7H2,1H3. The van der Waals surface area contributed by atoms with Gasteiger partial charge in [-0.05, 0) is 30.9 Å². The maximum atomic E-state index is 11.0. The summed E-state index contributed by atoms with van der Waals surface area (Å²) >= 11 is 3.27. The van der Waals surface area contributed by atoms with Crippen LogP contribution in [0.4, 0.5) is 11.4 Å². The van der Waals surface area contributed by atoms with Gasteiger partial charge in [-0.15, -0.1) is 0 Å². The second-order valence-corrected chi connectivity index (χ2v) is 5.95. The smallest absolute Gasteiger partial charge is 0.293 e. The van der Waals surface area contributed by atoms with Crippen LogP contribution in [0.3, 0.4) is 0 Å². The highest BCUT2D eigenvalue weighted by molar-refractivity contribution is 9.10. The zero-order valence-electron chi connectivity index (χ0n) is 10.4. The van der Waals surface area contributed by atoms with Crippen LogP contribution in [0.5, 0.6) is 0 Å². The molecule has 18 heavy (non-hydrogen) atoms. The minimum Gasteiger partial charge on any atom is -0.377 e. The SMILES string of the molecule is CC1CCCC(Nc2ccc(Br)cc2[N+](=O)[O-])C1. The summed E-state index contributed by atoms with van der Waals surface area (Å²) in [4.78, 5) is 10.7. The van der Waals surface area contributed by atoms with E-state index < -0.39 is 0 Å². The van der Waals surface area contributed by atoms with Gasteiger partial charge in [0, 0.05) is 16.6 Å². The minimum atomic E-state index is -0.334. The van der Waals surface area contributed by atoms with Crippen molar-refractivity contribution in [3.63, 3.8) is 0 Å². The molecule has 0 spiro atoms. The Balaban J connectivity index is 2.15. The molecule has 0 bridgehead atoms. The summed E-state index contributed by atoms with van der Waals surface area (Å²) in [7, 11) is 0. The van der Waals surface area contributed by atoms with Gasteiger partial charge in [-0.2, -0.15) is 0 Å². The number of benzene rings is 1. The number of nitro benzene ring substituents is 1. The molecule has 0 amide bonds. The number of nitrogens with one attached hydrogen (secondary N) is 1. The molecule has 5 heteroatoms. The molecule has 1 N–H and O–H groups in total. The summed E-state index contributed by atoms with van der Waals surface area (Å²) in [6, 6.07) is 5.52. The average Bonchev–Trinajstić information content (AvgIpc) is 2.31. The molecule has 1 aromatic carbocycles. The molecule has 0 radical (unpaired) electrons. The Morgan fingerprint density at radius 1 is 1.44 bits per heavy atom. The molecule has 2 rings (SSSR count). The number of halogens is 1. The first-order chi connectivity index (χ1) is 8.56. The Hall–Kier alpha value is -1.10. The third-order valence-electron chi connectivity index (χ3n) is 3.45. The number of nitro groups is 1. The van der Waals surface area contributed by atoms with Crippen molar-refractivity contribution in [3.8, 4) is 0 Å². The van der Waals surface area contributed by atoms with Gasteiger partial charge in [-0.3, -0.25) is 10.1 Å². The van der Waals surface area contributed by atoms with Crippen molar-refractivity contribution < 1.29 is 4.92 Å². The molecule has 0 heterocycles. The van der Waals surface area contributed by atoms with Crippen molar-refractivity contribution in [2.24, 2.45) is 5.92 Å². The lowest BCUT2D eigenvalue weighted by Gasteiger charge is -2.28. The van der Waals surface area contributed by atoms with Gasteiger partial charge in [0.2, 0.25) is 0 Å². The van der Waals surface area contributed by atoms with E-state index in [0.717, 1.165) is 17.3 Å². The number of hydrogen-bond acceptors (Lipinski definition) is 3. The molecule has 0 aromatic heterocycles. The van der Waals surface area contributed by atoms with Gasteiger partial charge in [-0.25, -0.2) is 0 Å². The highest BCUT2D eigenvalue weighted by atomic mass is 79.9. The van der Waals surface area contributed by atoms with E-state index in [9.17, 15) is 10.1 Å². The van der Waals surface area contributed by atoms with Gasteiger partial charge in [0.05, 0.1) is 4.92 Å². The monoisotopic (exact) mass is 312 g/mol. The van der Waals surface area contributed by atoms with Gasteiger partial charge in [-0.1, -0.05) is 35.7 Å². The summed E-state index contributed by atoms with van der Waals surface area (Å²) in [6.45, 7) is 2.24. The predicted molar refractivity (Wildman–Crippen MR) is 75.8 cm³/mol. The maximum absolute atomic E-state index is 11.0. The van der Waals surface area contributed by atoms with E-state index in [2.05, 4.69) is 28.2 Å². The Labute approximate surface area is 115 Å². The highest BCUT2D eigenvalue weighted by Crippen LogP contribution is 2.32. The van der Waals surface area contributed by atoms with Gasteiger partial charge < -0.3 is 5.32 Å². The highest BCUT2D eigenvalue weighted by Gasteiger charge is 2.22. The van der Waals surface area contributed by atoms with E-state index in [4.69, 9.17) is 0 Å². The van der Waals surface area contributed by atoms with Crippen molar-refractivity contribution in [1.82, 2.24) is 0 Å². The molecule has 2 atom stereocenters. The van der Waals surface area contributed by atoms with Crippen LogP contribution in [0, 0.1) is 16.0 Å². The zero-order valence-corrected chi connectivity index (χ0v) is 11.9. The molecule has 2 unspecified atom stereocenters. The van der Waals surface area contributed by atoms with Crippen LogP contribution in [0.2, 0.25) is 0 Å². The van der Waals surface area contributed by atoms with Crippen LogP contribution in [-0.2, 0) is 0 Å². The fourth-order valence-corrected chi connectivity index (χ4v) is 2.91. The number of hydrogen-bond donors (Lipinski definition) is 1. The van der Waals surface area contributed by atoms with E-state index in [-0.39, 0.29) is 10.6 Å². The molecule has 1 fully saturated rings. The van der Waals surface area contributed by atoms with E-state index in [1.165, 1.54) is 12.8 Å². The van der Waals surface area contributed by atoms with Crippen LogP contribution in [0.25, 0.3) is 0 Å². The second kappa shape index (κ2) is 5.69. The van der Waals surface area contributed by atoms with Gasteiger partial charge in [0.25, 0.3) is 5.69 Å². The molecule has 0 saturated heterocycles. The Morgan fingerprint density at radius 2 is 2.22 bits per heavy atom. The molecule has 98 valence electrons. The van der Waals surface area contributed by atoms with Crippen LogP contribution in [0.1, 0.15) is 32.6 Å². The molecular formula is C13H17BrN2O2. The second-order valence-electron chi connectivity index (χ2n) is 5.03. The molecule has 1 aromatic rings. The quantitative estimate of drug-likeness (QED) is 0.667. The lowest BCUT2D eigenvalue weighted by Crippen LogP contribution is -2.26. The van der Waals surface area contributed by atoms with Crippen LogP contribution >= 0.6 is 15.9 Å². The molecule has 1 saturated carbocycles. The Bertz CT molecular complexity index is 451. The first kappa shape index (κ1) is 13.3. The third kappa shape index (κ3) is 3.22. The normalized spacial score (nSPS) is 23.7. The van der Waals surface area contributed by atoms with Gasteiger partial charge in [0.15, 0.2) is 0 Å². The number of anilines is 1. The third-order valence-corrected chi connectivity index (χ3v) is 3.95. The molecule has 1 aliphatic rings. The van der Waals surface area contributed by atoms with Crippen molar-refractivity contribution in [2.75, 3.05) is 5.32 Å². The van der Waals surface area contributed by atoms with Crippen molar-refractivity contribution >= 4 is 27.3 Å². The zero-order chi connectivity index (χ0) is 13.1. The maximum Gasteiger partial charge on any atom is 0.293 e. The van der Waals surface area contributed by atoms with Crippen molar-refractivity contribution in [2.45, 2.75) is 38.6 Å². The van der Waals surface area contributed by atoms with E-state index in [0.29, 0.717) is 17.6 Å². The number of nitrogens with zero attached hydrogens (tertiary/aromatic N) is 1.